The number of sulfonamides is 1. The van der Waals surface area contributed by atoms with Crippen molar-refractivity contribution in [2.24, 2.45) is 0 Å². The Morgan fingerprint density at radius 3 is 2.47 bits per heavy atom. The van der Waals surface area contributed by atoms with Crippen LogP contribution in [0.4, 0.5) is 5.69 Å². The van der Waals surface area contributed by atoms with Crippen molar-refractivity contribution in [3.8, 4) is 22.8 Å². The molecule has 3 aromatic heterocycles. The fraction of sp³-hybridized carbons (Fsp3) is 0. The fourth-order valence-corrected chi connectivity index (χ4v) is 4.58. The van der Waals surface area contributed by atoms with E-state index in [0.717, 1.165) is 9.13 Å². The second kappa shape index (κ2) is 8.28. The van der Waals surface area contributed by atoms with Gasteiger partial charge in [0.1, 0.15) is 5.69 Å². The van der Waals surface area contributed by atoms with Crippen LogP contribution < -0.4 is 4.72 Å². The first-order chi connectivity index (χ1) is 15.5. The Balaban J connectivity index is 1.50. The molecule has 0 aliphatic heterocycles. The van der Waals surface area contributed by atoms with Gasteiger partial charge in [-0.3, -0.25) is 9.71 Å². The zero-order valence-electron chi connectivity index (χ0n) is 16.4. The summed E-state index contributed by atoms with van der Waals surface area (Å²) in [6, 6.07) is 22.9. The molecule has 3 heterocycles. The maximum absolute atomic E-state index is 12.7. The number of nitrogens with zero attached hydrogens (tertiary/aromatic N) is 5. The van der Waals surface area contributed by atoms with Gasteiger partial charge in [-0.15, -0.1) is 10.2 Å². The minimum Gasteiger partial charge on any atom is -0.280 e. The van der Waals surface area contributed by atoms with E-state index in [0.29, 0.717) is 28.5 Å². The van der Waals surface area contributed by atoms with E-state index in [9.17, 15) is 8.42 Å². The largest absolute Gasteiger partial charge is 0.280 e. The second-order valence-electron chi connectivity index (χ2n) is 6.87. The molecule has 1 N–H and O–H groups in total. The van der Waals surface area contributed by atoms with E-state index in [1.807, 2.05) is 36.4 Å². The maximum atomic E-state index is 12.7. The number of aromatic nitrogens is 5. The fourth-order valence-electron chi connectivity index (χ4n) is 3.17. The van der Waals surface area contributed by atoms with E-state index < -0.39 is 10.0 Å². The Kier molecular flexibility index (Phi) is 5.31. The number of fused-ring (bicyclic) bond motifs is 1. The van der Waals surface area contributed by atoms with E-state index in [4.69, 9.17) is 0 Å². The zero-order valence-corrected chi connectivity index (χ0v) is 19.4. The van der Waals surface area contributed by atoms with Crippen molar-refractivity contribution in [2.75, 3.05) is 4.72 Å². The molecule has 0 atom stereocenters. The van der Waals surface area contributed by atoms with Crippen LogP contribution in [0.25, 0.3) is 28.4 Å². The van der Waals surface area contributed by atoms with Crippen molar-refractivity contribution in [3.63, 3.8) is 0 Å². The monoisotopic (exact) mass is 554 g/mol. The normalized spacial score (nSPS) is 11.5. The first kappa shape index (κ1) is 20.5. The van der Waals surface area contributed by atoms with Gasteiger partial charge in [0.2, 0.25) is 5.82 Å². The Morgan fingerprint density at radius 2 is 1.69 bits per heavy atom. The lowest BCUT2D eigenvalue weighted by molar-refractivity contribution is 0.601. The Hall–Kier alpha value is -3.38. The minimum absolute atomic E-state index is 0.201. The Morgan fingerprint density at radius 1 is 0.844 bits per heavy atom. The molecular formula is C22H15IN6O2S. The van der Waals surface area contributed by atoms with Gasteiger partial charge in [-0.1, -0.05) is 18.2 Å². The summed E-state index contributed by atoms with van der Waals surface area (Å²) >= 11 is 2.13. The van der Waals surface area contributed by atoms with Crippen LogP contribution in [-0.4, -0.2) is 33.2 Å². The summed E-state index contributed by atoms with van der Waals surface area (Å²) < 4.78 is 30.7. The molecule has 0 unspecified atom stereocenters. The third-order valence-corrected chi connectivity index (χ3v) is 6.81. The molecule has 2 aromatic carbocycles. The first-order valence-corrected chi connectivity index (χ1v) is 12.1. The van der Waals surface area contributed by atoms with Gasteiger partial charge in [0.25, 0.3) is 10.0 Å². The summed E-state index contributed by atoms with van der Waals surface area (Å²) in [4.78, 5) is 4.52. The molecule has 0 spiro atoms. The molecule has 0 radical (unpaired) electrons. The lowest BCUT2D eigenvalue weighted by Crippen LogP contribution is -2.12. The molecule has 0 aliphatic rings. The lowest BCUT2D eigenvalue weighted by atomic mass is 10.1. The molecule has 10 heteroatoms. The van der Waals surface area contributed by atoms with Crippen molar-refractivity contribution in [1.82, 2.24) is 24.8 Å². The summed E-state index contributed by atoms with van der Waals surface area (Å²) in [5.74, 6) is 0.526. The van der Waals surface area contributed by atoms with Crippen LogP contribution in [0.1, 0.15) is 0 Å². The van der Waals surface area contributed by atoms with Crippen LogP contribution in [0.15, 0.2) is 90.0 Å². The Bertz CT molecular complexity index is 1520. The first-order valence-electron chi connectivity index (χ1n) is 9.52. The molecule has 0 fully saturated rings. The van der Waals surface area contributed by atoms with E-state index in [1.165, 1.54) is 0 Å². The van der Waals surface area contributed by atoms with Crippen molar-refractivity contribution in [3.05, 3.63) is 88.6 Å². The third-order valence-electron chi connectivity index (χ3n) is 4.69. The average molecular weight is 554 g/mol. The van der Waals surface area contributed by atoms with E-state index in [1.54, 1.807) is 53.2 Å². The molecule has 0 amide bonds. The standard InChI is InChI=1S/C22H15IN6O2S/c23-16-7-9-18(10-8-16)32(30,31)28-17-5-3-4-15(14-17)19-11-12-21-25-26-22(29(21)27-19)20-6-1-2-13-24-20/h1-14,28H. The topological polar surface area (TPSA) is 102 Å². The van der Waals surface area contributed by atoms with Crippen LogP contribution >= 0.6 is 22.6 Å². The number of hydrogen-bond donors (Lipinski definition) is 1. The lowest BCUT2D eigenvalue weighted by Gasteiger charge is -2.10. The van der Waals surface area contributed by atoms with Crippen molar-refractivity contribution < 1.29 is 8.42 Å². The van der Waals surface area contributed by atoms with Gasteiger partial charge in [-0.25, -0.2) is 8.42 Å². The average Bonchev–Trinajstić information content (AvgIpc) is 3.23. The molecular weight excluding hydrogens is 539 g/mol. The smallest absolute Gasteiger partial charge is 0.261 e. The number of anilines is 1. The van der Waals surface area contributed by atoms with Crippen molar-refractivity contribution >= 4 is 43.9 Å². The van der Waals surface area contributed by atoms with Crippen LogP contribution in [0.5, 0.6) is 0 Å². The van der Waals surface area contributed by atoms with E-state index >= 15 is 0 Å². The number of hydrogen-bond acceptors (Lipinski definition) is 6. The summed E-state index contributed by atoms with van der Waals surface area (Å²) in [6.45, 7) is 0. The van der Waals surface area contributed by atoms with Gasteiger partial charge in [-0.2, -0.15) is 9.61 Å². The van der Waals surface area contributed by atoms with Gasteiger partial charge in [-0.05, 0) is 83.3 Å². The van der Waals surface area contributed by atoms with E-state index in [-0.39, 0.29) is 4.90 Å². The molecule has 0 saturated carbocycles. The highest BCUT2D eigenvalue weighted by Gasteiger charge is 2.15. The van der Waals surface area contributed by atoms with Gasteiger partial charge < -0.3 is 0 Å². The highest BCUT2D eigenvalue weighted by Crippen LogP contribution is 2.24. The van der Waals surface area contributed by atoms with Gasteiger partial charge in [0.15, 0.2) is 5.65 Å². The summed E-state index contributed by atoms with van der Waals surface area (Å²) in [6.07, 6.45) is 1.68. The minimum atomic E-state index is -3.70. The Labute approximate surface area is 197 Å². The number of rotatable bonds is 5. The maximum Gasteiger partial charge on any atom is 0.261 e. The molecule has 32 heavy (non-hydrogen) atoms. The predicted octanol–water partition coefficient (Wildman–Crippen LogP) is 4.26. The summed E-state index contributed by atoms with van der Waals surface area (Å²) in [7, 11) is -3.70. The highest BCUT2D eigenvalue weighted by atomic mass is 127. The molecule has 8 nitrogen and oxygen atoms in total. The highest BCUT2D eigenvalue weighted by molar-refractivity contribution is 14.1. The second-order valence-corrected chi connectivity index (χ2v) is 9.80. The number of nitrogens with one attached hydrogen (secondary N) is 1. The van der Waals surface area contributed by atoms with Gasteiger partial charge in [0, 0.05) is 21.0 Å². The van der Waals surface area contributed by atoms with Crippen LogP contribution in [0.3, 0.4) is 0 Å². The van der Waals surface area contributed by atoms with Crippen LogP contribution in [-0.2, 0) is 10.0 Å². The van der Waals surface area contributed by atoms with Crippen LogP contribution in [0.2, 0.25) is 0 Å². The van der Waals surface area contributed by atoms with Gasteiger partial charge >= 0.3 is 0 Å². The zero-order chi connectivity index (χ0) is 22.1. The number of pyridine rings is 1. The molecule has 0 bridgehead atoms. The van der Waals surface area contributed by atoms with Crippen molar-refractivity contribution in [2.45, 2.75) is 4.90 Å². The summed E-state index contributed by atoms with van der Waals surface area (Å²) in [5.41, 5.74) is 3.07. The predicted molar refractivity (Wildman–Crippen MR) is 129 cm³/mol. The van der Waals surface area contributed by atoms with Crippen LogP contribution in [0, 0.1) is 3.57 Å². The van der Waals surface area contributed by atoms with Gasteiger partial charge in [0.05, 0.1) is 10.6 Å². The van der Waals surface area contributed by atoms with E-state index in [2.05, 4.69) is 47.6 Å². The summed E-state index contributed by atoms with van der Waals surface area (Å²) in [5, 5.41) is 13.0. The molecule has 158 valence electrons. The quantitative estimate of drug-likeness (QED) is 0.326. The third kappa shape index (κ3) is 4.06. The number of benzene rings is 2. The molecule has 5 rings (SSSR count). The molecule has 0 saturated heterocycles. The SMILES string of the molecule is O=S(=O)(Nc1cccc(-c2ccc3nnc(-c4ccccn4)n3n2)c1)c1ccc(I)cc1. The molecule has 5 aromatic rings. The van der Waals surface area contributed by atoms with Crippen molar-refractivity contribution in [1.29, 1.82) is 0 Å². The molecule has 0 aliphatic carbocycles. The number of halogens is 1.